The lowest BCUT2D eigenvalue weighted by Gasteiger charge is -2.15. The van der Waals surface area contributed by atoms with E-state index in [2.05, 4.69) is 15.0 Å². The minimum atomic E-state index is -4.22. The molecule has 1 aliphatic heterocycles. The van der Waals surface area contributed by atoms with Gasteiger partial charge in [0.05, 0.1) is 19.0 Å². The molecule has 2 aromatic heterocycles. The fourth-order valence-corrected chi connectivity index (χ4v) is 3.22. The van der Waals surface area contributed by atoms with Crippen LogP contribution in [0, 0.1) is 0 Å². The van der Waals surface area contributed by atoms with Gasteiger partial charge in [-0.25, -0.2) is 4.98 Å². The standard InChI is InChI=1S/C10H15N6O4P/c11-8-7-9(15-10(12)14-8)16(4-13-7)3-5-1-2-6(20-5)21(17,18)19/h4-6H,1-3H2,(H2,17,18,19)(H4,11,12,14,15)/t5-,6?/m0/s1. The summed E-state index contributed by atoms with van der Waals surface area (Å²) in [7, 11) is -4.22. The summed E-state index contributed by atoms with van der Waals surface area (Å²) < 4.78 is 18.3. The smallest absolute Gasteiger partial charge is 0.354 e. The van der Waals surface area contributed by atoms with Crippen molar-refractivity contribution in [1.29, 1.82) is 0 Å². The van der Waals surface area contributed by atoms with Crippen molar-refractivity contribution < 1.29 is 19.1 Å². The van der Waals surface area contributed by atoms with Crippen molar-refractivity contribution in [2.45, 2.75) is 31.3 Å². The zero-order valence-electron chi connectivity index (χ0n) is 11.0. The van der Waals surface area contributed by atoms with Gasteiger partial charge in [0.15, 0.2) is 17.3 Å². The Labute approximate surface area is 119 Å². The van der Waals surface area contributed by atoms with Crippen molar-refractivity contribution in [2.24, 2.45) is 0 Å². The van der Waals surface area contributed by atoms with Crippen LogP contribution in [0.2, 0.25) is 0 Å². The first kappa shape index (κ1) is 14.2. The number of rotatable bonds is 3. The third-order valence-electron chi connectivity index (χ3n) is 3.37. The highest BCUT2D eigenvalue weighted by Gasteiger charge is 2.37. The molecule has 3 heterocycles. The normalized spacial score (nSPS) is 23.0. The molecule has 11 heteroatoms. The maximum absolute atomic E-state index is 11.2. The van der Waals surface area contributed by atoms with E-state index in [4.69, 9.17) is 26.0 Å². The molecule has 1 saturated heterocycles. The molecule has 1 aliphatic rings. The summed E-state index contributed by atoms with van der Waals surface area (Å²) in [5, 5.41) is 0. The summed E-state index contributed by atoms with van der Waals surface area (Å²) in [6.45, 7) is 0.364. The van der Waals surface area contributed by atoms with Gasteiger partial charge in [-0.3, -0.25) is 4.57 Å². The zero-order chi connectivity index (χ0) is 15.2. The highest BCUT2D eigenvalue weighted by atomic mass is 31.2. The van der Waals surface area contributed by atoms with Crippen LogP contribution >= 0.6 is 7.60 Å². The molecule has 0 bridgehead atoms. The summed E-state index contributed by atoms with van der Waals surface area (Å²) in [6.07, 6.45) is 2.08. The van der Waals surface area contributed by atoms with Crippen LogP contribution in [0.5, 0.6) is 0 Å². The van der Waals surface area contributed by atoms with Gasteiger partial charge in [-0.1, -0.05) is 0 Å². The number of hydrogen-bond acceptors (Lipinski definition) is 7. The molecular formula is C10H15N6O4P. The maximum Gasteiger partial charge on any atom is 0.354 e. The van der Waals surface area contributed by atoms with Crippen LogP contribution in [0.4, 0.5) is 11.8 Å². The Kier molecular flexibility index (Phi) is 3.33. The molecular weight excluding hydrogens is 299 g/mol. The molecule has 0 aliphatic carbocycles. The van der Waals surface area contributed by atoms with Crippen molar-refractivity contribution in [3.8, 4) is 0 Å². The minimum absolute atomic E-state index is 0.0437. The maximum atomic E-state index is 11.2. The van der Waals surface area contributed by atoms with Crippen LogP contribution in [-0.4, -0.2) is 41.3 Å². The first-order valence-corrected chi connectivity index (χ1v) is 7.97. The van der Waals surface area contributed by atoms with E-state index >= 15 is 0 Å². The van der Waals surface area contributed by atoms with Crippen LogP contribution in [0.3, 0.4) is 0 Å². The van der Waals surface area contributed by atoms with Crippen LogP contribution in [0.1, 0.15) is 12.8 Å². The van der Waals surface area contributed by atoms with Crippen molar-refractivity contribution in [3.63, 3.8) is 0 Å². The van der Waals surface area contributed by atoms with Gasteiger partial charge in [0.2, 0.25) is 5.95 Å². The number of nitrogens with zero attached hydrogens (tertiary/aromatic N) is 4. The molecule has 1 unspecified atom stereocenters. The van der Waals surface area contributed by atoms with Crippen LogP contribution in [0.25, 0.3) is 11.2 Å². The highest BCUT2D eigenvalue weighted by Crippen LogP contribution is 2.48. The summed E-state index contributed by atoms with van der Waals surface area (Å²) in [6, 6.07) is 0. The number of hydrogen-bond donors (Lipinski definition) is 4. The average molecular weight is 314 g/mol. The molecule has 2 aromatic rings. The lowest BCUT2D eigenvalue weighted by atomic mass is 10.2. The minimum Gasteiger partial charge on any atom is -0.382 e. The molecule has 114 valence electrons. The predicted molar refractivity (Wildman–Crippen MR) is 74.1 cm³/mol. The number of ether oxygens (including phenoxy) is 1. The second-order valence-corrected chi connectivity index (χ2v) is 6.67. The average Bonchev–Trinajstić information content (AvgIpc) is 2.97. The molecule has 3 rings (SSSR count). The number of nitrogen functional groups attached to an aromatic ring is 2. The van der Waals surface area contributed by atoms with Crippen molar-refractivity contribution >= 4 is 30.5 Å². The van der Waals surface area contributed by atoms with Gasteiger partial charge in [-0.2, -0.15) is 9.97 Å². The Morgan fingerprint density at radius 3 is 2.81 bits per heavy atom. The molecule has 2 atom stereocenters. The van der Waals surface area contributed by atoms with Gasteiger partial charge in [-0.05, 0) is 12.8 Å². The Morgan fingerprint density at radius 2 is 2.14 bits per heavy atom. The van der Waals surface area contributed by atoms with Crippen LogP contribution in [-0.2, 0) is 15.8 Å². The topological polar surface area (TPSA) is 162 Å². The van der Waals surface area contributed by atoms with E-state index in [-0.39, 0.29) is 17.9 Å². The summed E-state index contributed by atoms with van der Waals surface area (Å²) in [4.78, 5) is 30.3. The quantitative estimate of drug-likeness (QED) is 0.555. The fourth-order valence-electron chi connectivity index (χ4n) is 2.41. The van der Waals surface area contributed by atoms with Crippen molar-refractivity contribution in [3.05, 3.63) is 6.33 Å². The first-order valence-electron chi connectivity index (χ1n) is 6.29. The molecule has 1 fully saturated rings. The zero-order valence-corrected chi connectivity index (χ0v) is 11.8. The second-order valence-electron chi connectivity index (χ2n) is 4.92. The van der Waals surface area contributed by atoms with E-state index in [9.17, 15) is 4.57 Å². The number of anilines is 2. The molecule has 0 aromatic carbocycles. The molecule has 10 nitrogen and oxygen atoms in total. The first-order chi connectivity index (χ1) is 9.84. The van der Waals surface area contributed by atoms with E-state index in [1.54, 1.807) is 4.57 Å². The Bertz CT molecular complexity index is 728. The van der Waals surface area contributed by atoms with E-state index in [0.717, 1.165) is 0 Å². The Hall–Kier alpha value is -1.74. The van der Waals surface area contributed by atoms with Crippen molar-refractivity contribution in [2.75, 3.05) is 11.5 Å². The van der Waals surface area contributed by atoms with Gasteiger partial charge in [0, 0.05) is 0 Å². The SMILES string of the molecule is Nc1nc(N)c2ncn(C[C@@H]3CCC(P(=O)(O)O)O3)c2n1. The molecule has 6 N–H and O–H groups in total. The highest BCUT2D eigenvalue weighted by molar-refractivity contribution is 7.52. The van der Waals surface area contributed by atoms with E-state index in [0.29, 0.717) is 30.6 Å². The van der Waals surface area contributed by atoms with Gasteiger partial charge in [0.1, 0.15) is 5.52 Å². The third kappa shape index (κ3) is 2.70. The molecule has 0 spiro atoms. The van der Waals surface area contributed by atoms with Gasteiger partial charge < -0.3 is 30.6 Å². The van der Waals surface area contributed by atoms with Crippen LogP contribution < -0.4 is 11.5 Å². The van der Waals surface area contributed by atoms with E-state index in [1.807, 2.05) is 0 Å². The number of nitrogens with two attached hydrogens (primary N) is 2. The summed E-state index contributed by atoms with van der Waals surface area (Å²) in [5.74, 6) is -0.805. The number of aromatic nitrogens is 4. The third-order valence-corrected chi connectivity index (χ3v) is 4.50. The fraction of sp³-hybridized carbons (Fsp3) is 0.500. The molecule has 0 radical (unpaired) electrons. The van der Waals surface area contributed by atoms with Gasteiger partial charge >= 0.3 is 7.60 Å². The van der Waals surface area contributed by atoms with Gasteiger partial charge in [-0.15, -0.1) is 0 Å². The van der Waals surface area contributed by atoms with Gasteiger partial charge in [0.25, 0.3) is 0 Å². The monoisotopic (exact) mass is 314 g/mol. The number of imidazole rings is 1. The Balaban J connectivity index is 1.82. The predicted octanol–water partition coefficient (Wildman–Crippen LogP) is -0.327. The molecule has 0 saturated carbocycles. The largest absolute Gasteiger partial charge is 0.382 e. The van der Waals surface area contributed by atoms with Crippen LogP contribution in [0.15, 0.2) is 6.33 Å². The summed E-state index contributed by atoms with van der Waals surface area (Å²) in [5.41, 5.74) is 12.2. The van der Waals surface area contributed by atoms with E-state index < -0.39 is 13.4 Å². The number of fused-ring (bicyclic) bond motifs is 1. The molecule has 0 amide bonds. The molecule has 21 heavy (non-hydrogen) atoms. The Morgan fingerprint density at radius 1 is 1.38 bits per heavy atom. The second kappa shape index (κ2) is 4.92. The lowest BCUT2D eigenvalue weighted by Crippen LogP contribution is -2.17. The van der Waals surface area contributed by atoms with Crippen molar-refractivity contribution in [1.82, 2.24) is 19.5 Å². The lowest BCUT2D eigenvalue weighted by molar-refractivity contribution is 0.0621. The van der Waals surface area contributed by atoms with E-state index in [1.165, 1.54) is 6.33 Å². The summed E-state index contributed by atoms with van der Waals surface area (Å²) >= 11 is 0.